The Balaban J connectivity index is 1.72. The Morgan fingerprint density at radius 2 is 1.86 bits per heavy atom. The fourth-order valence-corrected chi connectivity index (χ4v) is 3.39. The lowest BCUT2D eigenvalue weighted by atomic mass is 9.92. The SMILES string of the molecule is COc1ccc(C2(C)NC(=O)N(CC(=O)N(CCN(C)C)C3CC3)C2=O)cc1. The lowest BCUT2D eigenvalue weighted by Crippen LogP contribution is -2.46. The highest BCUT2D eigenvalue weighted by Crippen LogP contribution is 2.31. The van der Waals surface area contributed by atoms with E-state index in [9.17, 15) is 14.4 Å². The second-order valence-corrected chi connectivity index (χ2v) is 7.80. The highest BCUT2D eigenvalue weighted by molar-refractivity contribution is 6.09. The van der Waals surface area contributed by atoms with E-state index in [0.29, 0.717) is 17.9 Å². The van der Waals surface area contributed by atoms with Crippen molar-refractivity contribution in [3.05, 3.63) is 29.8 Å². The van der Waals surface area contributed by atoms with Crippen LogP contribution in [-0.4, -0.2) is 79.4 Å². The molecule has 1 aliphatic heterocycles. The molecule has 1 saturated heterocycles. The normalized spacial score (nSPS) is 21.8. The topological polar surface area (TPSA) is 82.2 Å². The molecule has 0 aromatic heterocycles. The van der Waals surface area contributed by atoms with Gasteiger partial charge in [-0.25, -0.2) is 4.79 Å². The van der Waals surface area contributed by atoms with E-state index in [1.165, 1.54) is 0 Å². The van der Waals surface area contributed by atoms with Crippen molar-refractivity contribution in [2.24, 2.45) is 0 Å². The summed E-state index contributed by atoms with van der Waals surface area (Å²) in [4.78, 5) is 43.2. The molecule has 2 aliphatic rings. The maximum Gasteiger partial charge on any atom is 0.325 e. The number of rotatable bonds is 8. The van der Waals surface area contributed by atoms with E-state index in [-0.39, 0.29) is 18.5 Å². The first kappa shape index (κ1) is 20.1. The fourth-order valence-electron chi connectivity index (χ4n) is 3.39. The summed E-state index contributed by atoms with van der Waals surface area (Å²) in [6.45, 7) is 2.76. The molecule has 2 fully saturated rings. The molecule has 0 spiro atoms. The summed E-state index contributed by atoms with van der Waals surface area (Å²) in [5.41, 5.74) is -0.550. The molecule has 1 atom stereocenters. The molecule has 1 aliphatic carbocycles. The van der Waals surface area contributed by atoms with Gasteiger partial charge in [-0.05, 0) is 51.6 Å². The number of carbonyl (C=O) groups excluding carboxylic acids is 3. The lowest BCUT2D eigenvalue weighted by Gasteiger charge is -2.26. The van der Waals surface area contributed by atoms with Gasteiger partial charge in [-0.3, -0.25) is 14.5 Å². The molecule has 3 rings (SSSR count). The number of hydrogen-bond donors (Lipinski definition) is 1. The summed E-state index contributed by atoms with van der Waals surface area (Å²) in [5, 5.41) is 2.74. The van der Waals surface area contributed by atoms with Crippen LogP contribution in [0.1, 0.15) is 25.3 Å². The number of nitrogens with zero attached hydrogens (tertiary/aromatic N) is 3. The van der Waals surface area contributed by atoms with Crippen LogP contribution in [0.15, 0.2) is 24.3 Å². The van der Waals surface area contributed by atoms with Crippen LogP contribution >= 0.6 is 0 Å². The van der Waals surface area contributed by atoms with Crippen LogP contribution in [0.5, 0.6) is 5.75 Å². The van der Waals surface area contributed by atoms with Crippen LogP contribution in [0, 0.1) is 0 Å². The minimum absolute atomic E-state index is 0.188. The average Bonchev–Trinajstić information content (AvgIpc) is 3.47. The highest BCUT2D eigenvalue weighted by Gasteiger charge is 2.50. The van der Waals surface area contributed by atoms with Gasteiger partial charge in [-0.1, -0.05) is 12.1 Å². The van der Waals surface area contributed by atoms with Crippen LogP contribution < -0.4 is 10.1 Å². The number of benzene rings is 1. The van der Waals surface area contributed by atoms with Crippen molar-refractivity contribution in [2.75, 3.05) is 40.8 Å². The Hall–Kier alpha value is -2.61. The molecule has 28 heavy (non-hydrogen) atoms. The van der Waals surface area contributed by atoms with Crippen LogP contribution in [0.25, 0.3) is 0 Å². The van der Waals surface area contributed by atoms with Gasteiger partial charge in [0.25, 0.3) is 5.91 Å². The number of imide groups is 1. The molecule has 1 unspecified atom stereocenters. The van der Waals surface area contributed by atoms with Gasteiger partial charge in [0.15, 0.2) is 0 Å². The Bertz CT molecular complexity index is 760. The fraction of sp³-hybridized carbons (Fsp3) is 0.550. The summed E-state index contributed by atoms with van der Waals surface area (Å²) in [5.74, 6) is 0.0586. The van der Waals surface area contributed by atoms with Crippen molar-refractivity contribution in [3.63, 3.8) is 0 Å². The summed E-state index contributed by atoms with van der Waals surface area (Å²) in [7, 11) is 5.47. The Kier molecular flexibility index (Phi) is 5.60. The monoisotopic (exact) mass is 388 g/mol. The first-order chi connectivity index (χ1) is 13.3. The van der Waals surface area contributed by atoms with E-state index in [1.54, 1.807) is 43.2 Å². The molecular weight excluding hydrogens is 360 g/mol. The van der Waals surface area contributed by atoms with E-state index < -0.39 is 17.5 Å². The number of nitrogens with one attached hydrogen (secondary N) is 1. The molecule has 8 heteroatoms. The predicted octanol–water partition coefficient (Wildman–Crippen LogP) is 1.01. The van der Waals surface area contributed by atoms with Gasteiger partial charge in [0.2, 0.25) is 5.91 Å². The smallest absolute Gasteiger partial charge is 0.325 e. The predicted molar refractivity (Wildman–Crippen MR) is 104 cm³/mol. The molecule has 1 saturated carbocycles. The molecule has 0 bridgehead atoms. The Morgan fingerprint density at radius 3 is 2.39 bits per heavy atom. The van der Waals surface area contributed by atoms with Crippen LogP contribution in [0.4, 0.5) is 4.79 Å². The summed E-state index contributed by atoms with van der Waals surface area (Å²) in [6, 6.07) is 6.65. The van der Waals surface area contributed by atoms with Gasteiger partial charge in [-0.15, -0.1) is 0 Å². The van der Waals surface area contributed by atoms with E-state index in [1.807, 2.05) is 19.0 Å². The highest BCUT2D eigenvalue weighted by atomic mass is 16.5. The zero-order valence-corrected chi connectivity index (χ0v) is 16.9. The van der Waals surface area contributed by atoms with Gasteiger partial charge < -0.3 is 19.9 Å². The molecule has 8 nitrogen and oxygen atoms in total. The number of hydrogen-bond acceptors (Lipinski definition) is 5. The minimum atomic E-state index is -1.20. The Labute approximate surface area is 165 Å². The van der Waals surface area contributed by atoms with Crippen molar-refractivity contribution in [1.29, 1.82) is 0 Å². The molecule has 1 N–H and O–H groups in total. The first-order valence-electron chi connectivity index (χ1n) is 9.49. The minimum Gasteiger partial charge on any atom is -0.497 e. The summed E-state index contributed by atoms with van der Waals surface area (Å²) < 4.78 is 5.14. The number of likely N-dealkylation sites (N-methyl/N-ethyl adjacent to an activating group) is 1. The molecule has 0 radical (unpaired) electrons. The number of carbonyl (C=O) groups is 3. The van der Waals surface area contributed by atoms with Crippen molar-refractivity contribution in [1.82, 2.24) is 20.0 Å². The quantitative estimate of drug-likeness (QED) is 0.673. The molecule has 152 valence electrons. The number of urea groups is 1. The molecular formula is C20H28N4O4. The standard InChI is InChI=1S/C20H28N4O4/c1-20(14-5-9-16(28-4)10-6-14)18(26)24(19(27)21-20)13-17(25)23(15-7-8-15)12-11-22(2)3/h5-6,9-10,15H,7-8,11-13H2,1-4H3,(H,21,27). The maximum atomic E-state index is 13.0. The van der Waals surface area contributed by atoms with E-state index in [0.717, 1.165) is 24.3 Å². The van der Waals surface area contributed by atoms with Gasteiger partial charge in [0.1, 0.15) is 17.8 Å². The number of amides is 4. The van der Waals surface area contributed by atoms with Crippen molar-refractivity contribution in [2.45, 2.75) is 31.3 Å². The second kappa shape index (κ2) is 7.79. The summed E-state index contributed by atoms with van der Waals surface area (Å²) in [6.07, 6.45) is 1.95. The van der Waals surface area contributed by atoms with Crippen LogP contribution in [0.2, 0.25) is 0 Å². The van der Waals surface area contributed by atoms with E-state index >= 15 is 0 Å². The van der Waals surface area contributed by atoms with E-state index in [2.05, 4.69) is 5.32 Å². The van der Waals surface area contributed by atoms with Gasteiger partial charge in [0.05, 0.1) is 7.11 Å². The third kappa shape index (κ3) is 3.96. The summed E-state index contributed by atoms with van der Waals surface area (Å²) >= 11 is 0. The first-order valence-corrected chi connectivity index (χ1v) is 9.49. The Morgan fingerprint density at radius 1 is 1.21 bits per heavy atom. The average molecular weight is 388 g/mol. The zero-order valence-electron chi connectivity index (χ0n) is 16.9. The van der Waals surface area contributed by atoms with Crippen molar-refractivity contribution < 1.29 is 19.1 Å². The third-order valence-corrected chi connectivity index (χ3v) is 5.33. The van der Waals surface area contributed by atoms with Crippen LogP contribution in [0.3, 0.4) is 0 Å². The lowest BCUT2D eigenvalue weighted by molar-refractivity contribution is -0.139. The largest absolute Gasteiger partial charge is 0.497 e. The molecule has 4 amide bonds. The van der Waals surface area contributed by atoms with Crippen molar-refractivity contribution >= 4 is 17.8 Å². The number of methoxy groups -OCH3 is 1. The molecule has 1 aromatic carbocycles. The zero-order chi connectivity index (χ0) is 20.5. The van der Waals surface area contributed by atoms with Gasteiger partial charge in [-0.2, -0.15) is 0 Å². The second-order valence-electron chi connectivity index (χ2n) is 7.80. The van der Waals surface area contributed by atoms with E-state index in [4.69, 9.17) is 4.74 Å². The van der Waals surface area contributed by atoms with Crippen molar-refractivity contribution in [3.8, 4) is 5.75 Å². The maximum absolute atomic E-state index is 13.0. The third-order valence-electron chi connectivity index (χ3n) is 5.33. The van der Waals surface area contributed by atoms with Gasteiger partial charge >= 0.3 is 6.03 Å². The molecule has 1 aromatic rings. The number of ether oxygens (including phenoxy) is 1. The van der Waals surface area contributed by atoms with Gasteiger partial charge in [0, 0.05) is 19.1 Å². The van der Waals surface area contributed by atoms with Crippen LogP contribution in [-0.2, 0) is 15.1 Å². The molecule has 1 heterocycles.